The lowest BCUT2D eigenvalue weighted by Crippen LogP contribution is -2.38. The minimum atomic E-state index is -4.54. The zero-order valence-corrected chi connectivity index (χ0v) is 14.1. The van der Waals surface area contributed by atoms with E-state index in [0.717, 1.165) is 0 Å². The molecule has 1 atom stereocenters. The highest BCUT2D eigenvalue weighted by molar-refractivity contribution is 5.88. The molecule has 10 heteroatoms. The van der Waals surface area contributed by atoms with Crippen LogP contribution < -0.4 is 0 Å². The molecule has 0 N–H and O–H groups in total. The quantitative estimate of drug-likeness (QED) is 0.237. The van der Waals surface area contributed by atoms with Gasteiger partial charge in [0.25, 0.3) is 0 Å². The highest BCUT2D eigenvalue weighted by Crippen LogP contribution is 2.36. The Bertz CT molecular complexity index is 453. The summed E-state index contributed by atoms with van der Waals surface area (Å²) in [4.78, 5) is 11.7. The van der Waals surface area contributed by atoms with Crippen molar-refractivity contribution < 1.29 is 45.0 Å². The van der Waals surface area contributed by atoms with Crippen LogP contribution >= 0.6 is 0 Å². The lowest BCUT2D eigenvalue weighted by atomic mass is 10.0. The molecule has 0 fully saturated rings. The smallest absolute Gasteiger partial charge is 0.392 e. The number of ether oxygens (including phenoxy) is 2. The van der Waals surface area contributed by atoms with Crippen molar-refractivity contribution in [2.24, 2.45) is 5.92 Å². The molecule has 0 radical (unpaired) electrons. The van der Waals surface area contributed by atoms with Gasteiger partial charge in [-0.1, -0.05) is 20.4 Å². The average Bonchev–Trinajstić information content (AvgIpc) is 2.39. The zero-order valence-electron chi connectivity index (χ0n) is 14.1. The Morgan fingerprint density at radius 1 is 1.08 bits per heavy atom. The second-order valence-corrected chi connectivity index (χ2v) is 6.01. The summed E-state index contributed by atoms with van der Waals surface area (Å²) in [5.74, 6) is -10.3. The molecule has 0 heterocycles. The molecule has 1 unspecified atom stereocenters. The lowest BCUT2D eigenvalue weighted by Gasteiger charge is -2.24. The largest absolute Gasteiger partial charge is 0.458 e. The molecule has 0 amide bonds. The van der Waals surface area contributed by atoms with Gasteiger partial charge in [0.1, 0.15) is 6.10 Å². The van der Waals surface area contributed by atoms with Crippen LogP contribution in [0.25, 0.3) is 0 Å². The van der Waals surface area contributed by atoms with Gasteiger partial charge in [-0.25, -0.2) is 13.6 Å². The molecule has 0 aromatic rings. The third-order valence-corrected chi connectivity index (χ3v) is 3.20. The summed E-state index contributed by atoms with van der Waals surface area (Å²) in [6.07, 6.45) is -8.61. The molecule has 148 valence electrons. The van der Waals surface area contributed by atoms with Crippen molar-refractivity contribution in [3.8, 4) is 0 Å². The topological polar surface area (TPSA) is 35.5 Å². The van der Waals surface area contributed by atoms with Gasteiger partial charge in [0, 0.05) is 13.3 Å². The van der Waals surface area contributed by atoms with Gasteiger partial charge in [-0.2, -0.15) is 22.0 Å². The first kappa shape index (κ1) is 23.7. The maximum Gasteiger partial charge on any atom is 0.392 e. The van der Waals surface area contributed by atoms with E-state index in [9.17, 15) is 35.5 Å². The second kappa shape index (κ2) is 8.86. The average molecular weight is 382 g/mol. The van der Waals surface area contributed by atoms with E-state index in [-0.39, 0.29) is 6.92 Å². The SMILES string of the molecule is C=C(COCCC(F)(F)C(C)(F)F)C(=O)OC(CC(F)(F)F)C(C)C. The Morgan fingerprint density at radius 3 is 2.00 bits per heavy atom. The van der Waals surface area contributed by atoms with E-state index in [1.165, 1.54) is 13.8 Å². The first-order valence-corrected chi connectivity index (χ1v) is 7.35. The fourth-order valence-electron chi connectivity index (χ4n) is 1.54. The predicted molar refractivity (Wildman–Crippen MR) is 75.5 cm³/mol. The number of halogens is 7. The molecule has 0 rings (SSSR count). The van der Waals surface area contributed by atoms with E-state index < -0.39 is 67.6 Å². The highest BCUT2D eigenvalue weighted by atomic mass is 19.4. The van der Waals surface area contributed by atoms with E-state index in [1.54, 1.807) is 0 Å². The molecule has 0 aromatic heterocycles. The Kier molecular flexibility index (Phi) is 8.40. The molecule has 0 aliphatic rings. The van der Waals surface area contributed by atoms with Gasteiger partial charge in [0.05, 0.1) is 25.2 Å². The Morgan fingerprint density at radius 2 is 1.60 bits per heavy atom. The van der Waals surface area contributed by atoms with Gasteiger partial charge in [-0.05, 0) is 5.92 Å². The maximum absolute atomic E-state index is 13.0. The highest BCUT2D eigenvalue weighted by Gasteiger charge is 2.51. The van der Waals surface area contributed by atoms with Crippen molar-refractivity contribution >= 4 is 5.97 Å². The first-order valence-electron chi connectivity index (χ1n) is 7.35. The van der Waals surface area contributed by atoms with Gasteiger partial charge in [0.15, 0.2) is 0 Å². The molecular formula is C15H21F7O3. The van der Waals surface area contributed by atoms with Crippen molar-refractivity contribution in [2.75, 3.05) is 13.2 Å². The molecule has 0 saturated carbocycles. The van der Waals surface area contributed by atoms with Gasteiger partial charge in [-0.3, -0.25) is 0 Å². The second-order valence-electron chi connectivity index (χ2n) is 6.01. The number of rotatable bonds is 10. The monoisotopic (exact) mass is 382 g/mol. The Hall–Kier alpha value is -1.32. The summed E-state index contributed by atoms with van der Waals surface area (Å²) in [5, 5.41) is 0. The first-order chi connectivity index (χ1) is 11.1. The standard InChI is InChI=1S/C15H21F7O3/c1-9(2)11(7-15(20,21)22)25-12(23)10(3)8-24-6-5-14(18,19)13(4,16)17/h9,11H,3,5-8H2,1-2,4H3. The Balaban J connectivity index is 4.41. The van der Waals surface area contributed by atoms with Crippen LogP contribution in [-0.4, -0.2) is 43.3 Å². The number of hydrogen-bond donors (Lipinski definition) is 0. The Labute approximate surface area is 141 Å². The van der Waals surface area contributed by atoms with Crippen LogP contribution in [0.5, 0.6) is 0 Å². The van der Waals surface area contributed by atoms with Crippen molar-refractivity contribution in [1.82, 2.24) is 0 Å². The normalized spacial score (nSPS) is 14.5. The fraction of sp³-hybridized carbons (Fsp3) is 0.800. The van der Waals surface area contributed by atoms with Crippen molar-refractivity contribution in [2.45, 2.75) is 57.7 Å². The van der Waals surface area contributed by atoms with Gasteiger partial charge >= 0.3 is 24.0 Å². The van der Waals surface area contributed by atoms with Crippen LogP contribution in [0.1, 0.15) is 33.6 Å². The van der Waals surface area contributed by atoms with E-state index in [4.69, 9.17) is 4.74 Å². The number of carbonyl (C=O) groups is 1. The van der Waals surface area contributed by atoms with Crippen molar-refractivity contribution in [3.05, 3.63) is 12.2 Å². The number of carbonyl (C=O) groups excluding carboxylic acids is 1. The number of hydrogen-bond acceptors (Lipinski definition) is 3. The summed E-state index contributed by atoms with van der Waals surface area (Å²) in [5.41, 5.74) is -0.403. The molecule has 25 heavy (non-hydrogen) atoms. The molecule has 0 spiro atoms. The van der Waals surface area contributed by atoms with Crippen molar-refractivity contribution in [3.63, 3.8) is 0 Å². The molecular weight excluding hydrogens is 361 g/mol. The third-order valence-electron chi connectivity index (χ3n) is 3.20. The molecule has 0 aliphatic heterocycles. The minimum Gasteiger partial charge on any atom is -0.458 e. The third kappa shape index (κ3) is 9.08. The summed E-state index contributed by atoms with van der Waals surface area (Å²) in [7, 11) is 0. The molecule has 0 aromatic carbocycles. The minimum absolute atomic E-state index is 0.0655. The molecule has 0 bridgehead atoms. The van der Waals surface area contributed by atoms with Crippen LogP contribution in [-0.2, 0) is 14.3 Å². The van der Waals surface area contributed by atoms with Crippen LogP contribution in [0.3, 0.4) is 0 Å². The summed E-state index contributed by atoms with van der Waals surface area (Å²) < 4.78 is 97.7. The zero-order chi connectivity index (χ0) is 20.1. The fourth-order valence-corrected chi connectivity index (χ4v) is 1.54. The van der Waals surface area contributed by atoms with E-state index in [0.29, 0.717) is 0 Å². The summed E-state index contributed by atoms with van der Waals surface area (Å²) >= 11 is 0. The maximum atomic E-state index is 13.0. The van der Waals surface area contributed by atoms with E-state index >= 15 is 0 Å². The van der Waals surface area contributed by atoms with E-state index in [1.807, 2.05) is 0 Å². The lowest BCUT2D eigenvalue weighted by molar-refractivity contribution is -0.205. The van der Waals surface area contributed by atoms with Crippen LogP contribution in [0.15, 0.2) is 12.2 Å². The van der Waals surface area contributed by atoms with Crippen LogP contribution in [0.2, 0.25) is 0 Å². The van der Waals surface area contributed by atoms with E-state index in [2.05, 4.69) is 11.3 Å². The predicted octanol–water partition coefficient (Wildman–Crippen LogP) is 4.76. The van der Waals surface area contributed by atoms with Gasteiger partial charge < -0.3 is 9.47 Å². The van der Waals surface area contributed by atoms with Gasteiger partial charge in [0.2, 0.25) is 0 Å². The van der Waals surface area contributed by atoms with Gasteiger partial charge in [-0.15, -0.1) is 0 Å². The van der Waals surface area contributed by atoms with Crippen molar-refractivity contribution in [1.29, 1.82) is 0 Å². The van der Waals surface area contributed by atoms with Crippen LogP contribution in [0, 0.1) is 5.92 Å². The summed E-state index contributed by atoms with van der Waals surface area (Å²) in [6, 6.07) is 0. The summed E-state index contributed by atoms with van der Waals surface area (Å²) in [6.45, 7) is 4.73. The number of esters is 1. The van der Waals surface area contributed by atoms with Crippen LogP contribution in [0.4, 0.5) is 30.7 Å². The molecule has 3 nitrogen and oxygen atoms in total. The number of alkyl halides is 7. The molecule has 0 saturated heterocycles. The molecule has 0 aliphatic carbocycles.